The van der Waals surface area contributed by atoms with E-state index < -0.39 is 12.0 Å². The number of hydrogen-bond donors (Lipinski definition) is 1. The van der Waals surface area contributed by atoms with E-state index in [1.54, 1.807) is 19.9 Å². The lowest BCUT2D eigenvalue weighted by molar-refractivity contribution is -0.274. The number of carbonyl (C=O) groups excluding carboxylic acids is 1. The van der Waals surface area contributed by atoms with Gasteiger partial charge >= 0.3 is 6.36 Å². The maximum Gasteiger partial charge on any atom is 0.573 e. The van der Waals surface area contributed by atoms with Crippen molar-refractivity contribution in [2.75, 3.05) is 13.1 Å². The Hall–Kier alpha value is -1.76. The minimum Gasteiger partial charge on any atom is -0.406 e. The molecule has 1 aromatic carbocycles. The second-order valence-corrected chi connectivity index (χ2v) is 9.31. The van der Waals surface area contributed by atoms with Crippen LogP contribution in [-0.2, 0) is 4.79 Å². The van der Waals surface area contributed by atoms with E-state index in [1.807, 2.05) is 11.0 Å². The first-order chi connectivity index (χ1) is 13.0. The topological polar surface area (TPSA) is 49.8 Å². The summed E-state index contributed by atoms with van der Waals surface area (Å²) >= 11 is 0. The molecule has 1 saturated heterocycles. The number of ether oxygens (including phenoxy) is 1. The van der Waals surface area contributed by atoms with Crippen LogP contribution in [-0.4, -0.2) is 41.0 Å². The Morgan fingerprint density at radius 3 is 2.54 bits per heavy atom. The minimum absolute atomic E-state index is 0.0660. The highest BCUT2D eigenvalue weighted by atomic mass is 19.4. The smallest absolute Gasteiger partial charge is 0.406 e. The van der Waals surface area contributed by atoms with E-state index in [-0.39, 0.29) is 28.9 Å². The van der Waals surface area contributed by atoms with Crippen molar-refractivity contribution in [3.63, 3.8) is 0 Å². The summed E-state index contributed by atoms with van der Waals surface area (Å²) in [6.07, 6.45) is -0.858. The normalized spacial score (nSPS) is 31.4. The van der Waals surface area contributed by atoms with Crippen LogP contribution in [0.2, 0.25) is 0 Å². The Bertz CT molecular complexity index is 776. The van der Waals surface area contributed by atoms with Crippen LogP contribution >= 0.6 is 0 Å². The van der Waals surface area contributed by atoms with Crippen LogP contribution in [0.1, 0.15) is 56.1 Å². The molecule has 3 aliphatic rings. The zero-order valence-electron chi connectivity index (χ0n) is 16.2. The SMILES string of the molecule is Cc1ccc([C@@H]2CCC3(C2)CN(C(=O)C2CC(C)(O)C2)C3)cc1OC(F)(F)F. The Morgan fingerprint density at radius 2 is 1.93 bits per heavy atom. The number of halogens is 3. The fourth-order valence-corrected chi connectivity index (χ4v) is 5.24. The maximum atomic E-state index is 12.6. The average Bonchev–Trinajstić information content (AvgIpc) is 2.97. The van der Waals surface area contributed by atoms with Crippen molar-refractivity contribution in [1.82, 2.24) is 4.90 Å². The Labute approximate surface area is 162 Å². The second kappa shape index (κ2) is 6.37. The van der Waals surface area contributed by atoms with Crippen molar-refractivity contribution in [2.45, 2.75) is 63.8 Å². The fraction of sp³-hybridized carbons (Fsp3) is 0.667. The van der Waals surface area contributed by atoms with Crippen molar-refractivity contribution in [3.05, 3.63) is 29.3 Å². The first-order valence-electron chi connectivity index (χ1n) is 9.83. The molecule has 1 atom stereocenters. The van der Waals surface area contributed by atoms with Gasteiger partial charge in [-0.1, -0.05) is 12.1 Å². The molecule has 0 radical (unpaired) electrons. The van der Waals surface area contributed by atoms with Gasteiger partial charge in [0.1, 0.15) is 5.75 Å². The van der Waals surface area contributed by atoms with Crippen LogP contribution in [0, 0.1) is 18.3 Å². The summed E-state index contributed by atoms with van der Waals surface area (Å²) in [6, 6.07) is 5.09. The van der Waals surface area contributed by atoms with Gasteiger partial charge in [0.15, 0.2) is 0 Å². The lowest BCUT2D eigenvalue weighted by Crippen LogP contribution is -2.61. The van der Waals surface area contributed by atoms with Gasteiger partial charge in [0.25, 0.3) is 0 Å². The van der Waals surface area contributed by atoms with Gasteiger partial charge in [-0.2, -0.15) is 0 Å². The van der Waals surface area contributed by atoms with Crippen molar-refractivity contribution >= 4 is 5.91 Å². The molecule has 154 valence electrons. The van der Waals surface area contributed by atoms with Crippen molar-refractivity contribution in [3.8, 4) is 5.75 Å². The van der Waals surface area contributed by atoms with Gasteiger partial charge in [-0.15, -0.1) is 13.2 Å². The molecular formula is C21H26F3NO3. The van der Waals surface area contributed by atoms with E-state index in [0.29, 0.717) is 18.4 Å². The molecule has 28 heavy (non-hydrogen) atoms. The molecule has 4 nitrogen and oxygen atoms in total. The lowest BCUT2D eigenvalue weighted by Gasteiger charge is -2.52. The number of carbonyl (C=O) groups is 1. The zero-order valence-corrected chi connectivity index (χ0v) is 16.2. The average molecular weight is 397 g/mol. The van der Waals surface area contributed by atoms with Crippen LogP contribution < -0.4 is 4.74 Å². The molecule has 3 fully saturated rings. The minimum atomic E-state index is -4.69. The molecule has 1 aromatic rings. The standard InChI is InChI=1S/C21H26F3NO3/c1-13-3-4-14(7-17(13)28-21(22,23)24)15-5-6-20(10-15)11-25(12-20)18(26)16-8-19(2,27)9-16/h3-4,7,15-16,27H,5-6,8-12H2,1-2H3/t15-,16?,19?/m1/s1. The van der Waals surface area contributed by atoms with Crippen LogP contribution in [0.4, 0.5) is 13.2 Å². The number of nitrogens with zero attached hydrogens (tertiary/aromatic N) is 1. The van der Waals surface area contributed by atoms with Gasteiger partial charge in [-0.25, -0.2) is 0 Å². The Kier molecular flexibility index (Phi) is 4.45. The van der Waals surface area contributed by atoms with E-state index in [2.05, 4.69) is 4.74 Å². The second-order valence-electron chi connectivity index (χ2n) is 9.31. The van der Waals surface area contributed by atoms with Gasteiger partial charge < -0.3 is 14.7 Å². The van der Waals surface area contributed by atoms with Crippen LogP contribution in [0.25, 0.3) is 0 Å². The third kappa shape index (κ3) is 3.73. The summed E-state index contributed by atoms with van der Waals surface area (Å²) in [5, 5.41) is 9.83. The van der Waals surface area contributed by atoms with Crippen molar-refractivity contribution in [2.24, 2.45) is 11.3 Å². The van der Waals surface area contributed by atoms with Gasteiger partial charge in [0.2, 0.25) is 5.91 Å². The molecule has 1 spiro atoms. The number of rotatable bonds is 3. The van der Waals surface area contributed by atoms with E-state index >= 15 is 0 Å². The molecule has 0 unspecified atom stereocenters. The van der Waals surface area contributed by atoms with Crippen LogP contribution in [0.15, 0.2) is 18.2 Å². The van der Waals surface area contributed by atoms with E-state index in [9.17, 15) is 23.1 Å². The monoisotopic (exact) mass is 397 g/mol. The summed E-state index contributed by atoms with van der Waals surface area (Å²) in [4.78, 5) is 14.4. The van der Waals surface area contributed by atoms with Gasteiger partial charge in [0, 0.05) is 24.4 Å². The number of aryl methyl sites for hydroxylation is 1. The maximum absolute atomic E-state index is 12.6. The molecule has 1 aliphatic heterocycles. The van der Waals surface area contributed by atoms with Crippen molar-refractivity contribution in [1.29, 1.82) is 0 Å². The predicted molar refractivity (Wildman–Crippen MR) is 96.8 cm³/mol. The molecule has 4 rings (SSSR count). The summed E-state index contributed by atoms with van der Waals surface area (Å²) in [6.45, 7) is 4.81. The molecule has 7 heteroatoms. The van der Waals surface area contributed by atoms with Crippen molar-refractivity contribution < 1.29 is 27.8 Å². The van der Waals surface area contributed by atoms with Gasteiger partial charge in [-0.05, 0) is 69.1 Å². The number of benzene rings is 1. The highest BCUT2D eigenvalue weighted by Gasteiger charge is 2.53. The molecule has 1 amide bonds. The third-order valence-electron chi connectivity index (χ3n) is 6.70. The highest BCUT2D eigenvalue weighted by molar-refractivity contribution is 5.81. The summed E-state index contributed by atoms with van der Waals surface area (Å²) in [7, 11) is 0. The van der Waals surface area contributed by atoms with E-state index in [1.165, 1.54) is 6.07 Å². The Morgan fingerprint density at radius 1 is 1.25 bits per heavy atom. The molecule has 0 bridgehead atoms. The number of likely N-dealkylation sites (tertiary alicyclic amines) is 1. The zero-order chi connectivity index (χ0) is 20.3. The Balaban J connectivity index is 1.36. The summed E-state index contributed by atoms with van der Waals surface area (Å²) in [5.74, 6) is 0.131. The number of hydrogen-bond acceptors (Lipinski definition) is 3. The number of aliphatic hydroxyl groups is 1. The first kappa shape index (κ1) is 19.6. The van der Waals surface area contributed by atoms with Crippen LogP contribution in [0.5, 0.6) is 5.75 Å². The lowest BCUT2D eigenvalue weighted by atomic mass is 9.69. The van der Waals surface area contributed by atoms with E-state index in [4.69, 9.17) is 0 Å². The molecule has 2 saturated carbocycles. The number of alkyl halides is 3. The summed E-state index contributed by atoms with van der Waals surface area (Å²) in [5.41, 5.74) is 0.720. The number of amides is 1. The van der Waals surface area contributed by atoms with Gasteiger partial charge in [-0.3, -0.25) is 4.79 Å². The third-order valence-corrected chi connectivity index (χ3v) is 6.70. The first-order valence-corrected chi connectivity index (χ1v) is 9.83. The largest absolute Gasteiger partial charge is 0.573 e. The predicted octanol–water partition coefficient (Wildman–Crippen LogP) is 4.15. The fourth-order valence-electron chi connectivity index (χ4n) is 5.24. The van der Waals surface area contributed by atoms with Crippen LogP contribution in [0.3, 0.4) is 0 Å². The summed E-state index contributed by atoms with van der Waals surface area (Å²) < 4.78 is 42.0. The molecule has 2 aliphatic carbocycles. The van der Waals surface area contributed by atoms with E-state index in [0.717, 1.165) is 37.9 Å². The highest BCUT2D eigenvalue weighted by Crippen LogP contribution is 2.53. The quantitative estimate of drug-likeness (QED) is 0.834. The van der Waals surface area contributed by atoms with Gasteiger partial charge in [0.05, 0.1) is 5.60 Å². The molecular weight excluding hydrogens is 371 g/mol. The molecule has 0 aromatic heterocycles. The molecule has 1 N–H and O–H groups in total. The molecule has 1 heterocycles.